The summed E-state index contributed by atoms with van der Waals surface area (Å²) in [6.07, 6.45) is 0.789. The first-order valence-corrected chi connectivity index (χ1v) is 2.45. The topological polar surface area (TPSA) is 32.6 Å². The Balaban J connectivity index is 3.56. The van der Waals surface area contributed by atoms with E-state index in [4.69, 9.17) is 40.0 Å². The van der Waals surface area contributed by atoms with Gasteiger partial charge in [-0.1, -0.05) is 40.0 Å². The maximum absolute atomic E-state index is 7.72. The van der Waals surface area contributed by atoms with Crippen molar-refractivity contribution >= 4 is 41.0 Å². The zero-order chi connectivity index (χ0) is 5.91. The summed E-state index contributed by atoms with van der Waals surface area (Å²) in [4.78, 5) is 0. The molecule has 0 bridgehead atoms. The van der Waals surface area contributed by atoms with Gasteiger partial charge in [-0.05, 0) is 0 Å². The van der Waals surface area contributed by atoms with Crippen molar-refractivity contribution in [2.75, 3.05) is 0 Å². The summed E-state index contributed by atoms with van der Waals surface area (Å²) < 4.78 is -1.57. The first kappa shape index (κ1) is 7.34. The molecule has 1 N–H and O–H groups in total. The van der Waals surface area contributed by atoms with Crippen LogP contribution in [0.4, 0.5) is 0 Å². The third-order valence-corrected chi connectivity index (χ3v) is 0.497. The molecule has 0 spiro atoms. The van der Waals surface area contributed by atoms with E-state index in [9.17, 15) is 0 Å². The first-order chi connectivity index (χ1) is 3.06. The third kappa shape index (κ3) is 6.34. The van der Waals surface area contributed by atoms with Gasteiger partial charge < -0.3 is 5.21 Å². The van der Waals surface area contributed by atoms with Gasteiger partial charge in [-0.25, -0.2) is 0 Å². The number of nitrogens with zero attached hydrogens (tertiary/aromatic N) is 1. The van der Waals surface area contributed by atoms with Gasteiger partial charge in [-0.3, -0.25) is 0 Å². The van der Waals surface area contributed by atoms with E-state index in [1.54, 1.807) is 0 Å². The second kappa shape index (κ2) is 2.60. The molecule has 0 rings (SSSR count). The molecule has 0 saturated carbocycles. The maximum atomic E-state index is 7.72. The fourth-order valence-electron chi connectivity index (χ4n) is 0.0655. The SMILES string of the molecule is ON=CC(Cl)(Cl)Cl. The molecule has 0 saturated heterocycles. The second-order valence-electron chi connectivity index (χ2n) is 0.786. The average Bonchev–Trinajstić information content (AvgIpc) is 1.30. The highest BCUT2D eigenvalue weighted by molar-refractivity contribution is 6.74. The molecule has 0 aromatic rings. The van der Waals surface area contributed by atoms with E-state index in [2.05, 4.69) is 5.16 Å². The fraction of sp³-hybridized carbons (Fsp3) is 0.500. The molecular weight excluding hydrogens is 160 g/mol. The summed E-state index contributed by atoms with van der Waals surface area (Å²) in [5, 5.41) is 10.2. The standard InChI is InChI=1S/C2H2Cl3NO/c3-2(4,5)1-6-7/h1,7H. The van der Waals surface area contributed by atoms with Crippen LogP contribution in [-0.4, -0.2) is 15.2 Å². The van der Waals surface area contributed by atoms with E-state index in [-0.39, 0.29) is 0 Å². The highest BCUT2D eigenvalue weighted by Gasteiger charge is 2.14. The molecule has 0 atom stereocenters. The molecule has 0 heterocycles. The summed E-state index contributed by atoms with van der Waals surface area (Å²) in [5.41, 5.74) is 0. The molecule has 0 aliphatic carbocycles. The minimum absolute atomic E-state index is 0.789. The average molecular weight is 162 g/mol. The zero-order valence-corrected chi connectivity index (χ0v) is 5.37. The van der Waals surface area contributed by atoms with E-state index >= 15 is 0 Å². The van der Waals surface area contributed by atoms with E-state index < -0.39 is 3.79 Å². The molecule has 0 unspecified atom stereocenters. The molecule has 0 radical (unpaired) electrons. The smallest absolute Gasteiger partial charge is 0.229 e. The van der Waals surface area contributed by atoms with Gasteiger partial charge in [0.1, 0.15) is 0 Å². The molecule has 0 aromatic carbocycles. The summed E-state index contributed by atoms with van der Waals surface area (Å²) in [7, 11) is 0. The number of halogens is 3. The Labute approximate surface area is 55.7 Å². The quantitative estimate of drug-likeness (QED) is 0.251. The van der Waals surface area contributed by atoms with Crippen LogP contribution >= 0.6 is 34.8 Å². The molecule has 2 nitrogen and oxygen atoms in total. The number of rotatable bonds is 0. The lowest BCUT2D eigenvalue weighted by Crippen LogP contribution is -2.01. The lowest BCUT2D eigenvalue weighted by molar-refractivity contribution is 0.321. The minimum Gasteiger partial charge on any atom is -0.411 e. The highest BCUT2D eigenvalue weighted by Crippen LogP contribution is 2.22. The Hall–Kier alpha value is 0.340. The van der Waals surface area contributed by atoms with Crippen molar-refractivity contribution in [3.63, 3.8) is 0 Å². The van der Waals surface area contributed by atoms with E-state index in [1.165, 1.54) is 0 Å². The Morgan fingerprint density at radius 2 is 1.86 bits per heavy atom. The first-order valence-electron chi connectivity index (χ1n) is 1.31. The van der Waals surface area contributed by atoms with Crippen molar-refractivity contribution in [3.05, 3.63) is 0 Å². The number of oxime groups is 1. The van der Waals surface area contributed by atoms with E-state index in [0.717, 1.165) is 6.21 Å². The van der Waals surface area contributed by atoms with Crippen LogP contribution in [0.15, 0.2) is 5.16 Å². The zero-order valence-electron chi connectivity index (χ0n) is 3.11. The normalized spacial score (nSPS) is 13.0. The molecular formula is C2H2Cl3NO. The van der Waals surface area contributed by atoms with E-state index in [0.29, 0.717) is 0 Å². The minimum atomic E-state index is -1.57. The van der Waals surface area contributed by atoms with Crippen LogP contribution in [0.2, 0.25) is 0 Å². The van der Waals surface area contributed by atoms with Crippen LogP contribution in [0.1, 0.15) is 0 Å². The molecule has 0 aliphatic rings. The highest BCUT2D eigenvalue weighted by atomic mass is 35.6. The number of hydrogen-bond donors (Lipinski definition) is 1. The summed E-state index contributed by atoms with van der Waals surface area (Å²) >= 11 is 15.2. The molecule has 0 aromatic heterocycles. The number of alkyl halides is 3. The van der Waals surface area contributed by atoms with Crippen molar-refractivity contribution in [3.8, 4) is 0 Å². The summed E-state index contributed by atoms with van der Waals surface area (Å²) in [6, 6.07) is 0. The summed E-state index contributed by atoms with van der Waals surface area (Å²) in [5.74, 6) is 0. The van der Waals surface area contributed by atoms with Gasteiger partial charge in [0.15, 0.2) is 0 Å². The Morgan fingerprint density at radius 3 is 1.86 bits per heavy atom. The van der Waals surface area contributed by atoms with Gasteiger partial charge in [0, 0.05) is 0 Å². The van der Waals surface area contributed by atoms with Gasteiger partial charge in [0.05, 0.1) is 6.21 Å². The van der Waals surface area contributed by atoms with Gasteiger partial charge in [-0.15, -0.1) is 0 Å². The lowest BCUT2D eigenvalue weighted by atomic mass is 10.9. The lowest BCUT2D eigenvalue weighted by Gasteiger charge is -1.96. The predicted octanol–water partition coefficient (Wildman–Crippen LogP) is 1.82. The molecule has 0 aliphatic heterocycles. The van der Waals surface area contributed by atoms with Crippen LogP contribution in [0.3, 0.4) is 0 Å². The Morgan fingerprint density at radius 1 is 1.43 bits per heavy atom. The van der Waals surface area contributed by atoms with Gasteiger partial charge in [-0.2, -0.15) is 0 Å². The molecule has 0 amide bonds. The predicted molar refractivity (Wildman–Crippen MR) is 30.6 cm³/mol. The van der Waals surface area contributed by atoms with Crippen LogP contribution in [0, 0.1) is 0 Å². The Bertz CT molecular complexity index is 75.5. The third-order valence-electron chi connectivity index (χ3n) is 0.204. The monoisotopic (exact) mass is 161 g/mol. The van der Waals surface area contributed by atoms with Crippen LogP contribution in [-0.2, 0) is 0 Å². The van der Waals surface area contributed by atoms with Crippen molar-refractivity contribution < 1.29 is 5.21 Å². The van der Waals surface area contributed by atoms with Gasteiger partial charge >= 0.3 is 0 Å². The van der Waals surface area contributed by atoms with E-state index in [1.807, 2.05) is 0 Å². The molecule has 0 fully saturated rings. The second-order valence-corrected chi connectivity index (χ2v) is 3.16. The van der Waals surface area contributed by atoms with Gasteiger partial charge in [0.25, 0.3) is 0 Å². The van der Waals surface area contributed by atoms with Crippen molar-refractivity contribution in [1.82, 2.24) is 0 Å². The van der Waals surface area contributed by atoms with Gasteiger partial charge in [0.2, 0.25) is 3.79 Å². The maximum Gasteiger partial charge on any atom is 0.229 e. The van der Waals surface area contributed by atoms with Crippen LogP contribution in [0.25, 0.3) is 0 Å². The summed E-state index contributed by atoms with van der Waals surface area (Å²) in [6.45, 7) is 0. The van der Waals surface area contributed by atoms with Crippen molar-refractivity contribution in [1.29, 1.82) is 0 Å². The van der Waals surface area contributed by atoms with Crippen LogP contribution < -0.4 is 0 Å². The van der Waals surface area contributed by atoms with Crippen LogP contribution in [0.5, 0.6) is 0 Å². The largest absolute Gasteiger partial charge is 0.411 e. The Kier molecular flexibility index (Phi) is 2.73. The van der Waals surface area contributed by atoms with Crippen molar-refractivity contribution in [2.24, 2.45) is 5.16 Å². The number of hydrogen-bond acceptors (Lipinski definition) is 2. The fourth-order valence-corrected chi connectivity index (χ4v) is 0.196. The molecule has 42 valence electrons. The molecule has 7 heavy (non-hydrogen) atoms. The molecule has 5 heteroatoms. The van der Waals surface area contributed by atoms with Crippen molar-refractivity contribution in [2.45, 2.75) is 3.79 Å².